The molecule has 0 aliphatic heterocycles. The first-order valence-electron chi connectivity index (χ1n) is 5.46. The molecule has 1 fully saturated rings. The Kier molecular flexibility index (Phi) is 2.65. The monoisotopic (exact) mass is 275 g/mol. The Morgan fingerprint density at radius 3 is 2.94 bits per heavy atom. The predicted octanol–water partition coefficient (Wildman–Crippen LogP) is 2.66. The Hall–Kier alpha value is -1.71. The summed E-state index contributed by atoms with van der Waals surface area (Å²) in [5, 5.41) is 16.2. The summed E-state index contributed by atoms with van der Waals surface area (Å²) in [5.41, 5.74) is -0.242. The van der Waals surface area contributed by atoms with Gasteiger partial charge in [0.05, 0.1) is 10.9 Å². The number of rotatable bonds is 3. The van der Waals surface area contributed by atoms with Gasteiger partial charge in [-0.25, -0.2) is 4.98 Å². The van der Waals surface area contributed by atoms with Gasteiger partial charge in [-0.05, 0) is 24.3 Å². The Morgan fingerprint density at radius 1 is 1.50 bits per heavy atom. The SMILES string of the molecule is N#CC1(NC(=O)c2csc(-c3cccs3)n2)CC1. The van der Waals surface area contributed by atoms with Crippen LogP contribution < -0.4 is 5.32 Å². The molecule has 1 saturated carbocycles. The Labute approximate surface area is 112 Å². The van der Waals surface area contributed by atoms with E-state index >= 15 is 0 Å². The van der Waals surface area contributed by atoms with Gasteiger partial charge in [-0.2, -0.15) is 5.26 Å². The topological polar surface area (TPSA) is 65.8 Å². The lowest BCUT2D eigenvalue weighted by Crippen LogP contribution is -2.35. The summed E-state index contributed by atoms with van der Waals surface area (Å²) in [6.45, 7) is 0. The number of aromatic nitrogens is 1. The maximum atomic E-state index is 11.9. The van der Waals surface area contributed by atoms with Gasteiger partial charge < -0.3 is 5.32 Å². The van der Waals surface area contributed by atoms with E-state index in [2.05, 4.69) is 16.4 Å². The van der Waals surface area contributed by atoms with Crippen molar-refractivity contribution in [3.05, 3.63) is 28.6 Å². The van der Waals surface area contributed by atoms with Crippen LogP contribution in [0.3, 0.4) is 0 Å². The van der Waals surface area contributed by atoms with Crippen LogP contribution in [0.2, 0.25) is 0 Å². The molecule has 0 aromatic carbocycles. The minimum atomic E-state index is -0.635. The van der Waals surface area contributed by atoms with Gasteiger partial charge in [0.2, 0.25) is 0 Å². The molecule has 2 aromatic rings. The first-order chi connectivity index (χ1) is 8.72. The van der Waals surface area contributed by atoms with Crippen LogP contribution in [0.5, 0.6) is 0 Å². The van der Waals surface area contributed by atoms with Crippen LogP contribution >= 0.6 is 22.7 Å². The first kappa shape index (κ1) is 11.4. The van der Waals surface area contributed by atoms with Crippen molar-refractivity contribution in [2.24, 2.45) is 0 Å². The highest BCUT2D eigenvalue weighted by Crippen LogP contribution is 2.35. The molecule has 0 bridgehead atoms. The Bertz CT molecular complexity index is 620. The summed E-state index contributed by atoms with van der Waals surface area (Å²) >= 11 is 3.04. The fourth-order valence-corrected chi connectivity index (χ4v) is 3.18. The molecule has 2 aromatic heterocycles. The minimum Gasteiger partial charge on any atom is -0.332 e. The second kappa shape index (κ2) is 4.19. The average molecular weight is 275 g/mol. The molecule has 90 valence electrons. The molecule has 1 aliphatic rings. The molecule has 1 aliphatic carbocycles. The van der Waals surface area contributed by atoms with Gasteiger partial charge in [0.1, 0.15) is 16.2 Å². The van der Waals surface area contributed by atoms with Crippen molar-refractivity contribution in [1.82, 2.24) is 10.3 Å². The normalized spacial score (nSPS) is 15.9. The maximum absolute atomic E-state index is 11.9. The van der Waals surface area contributed by atoms with Crippen molar-refractivity contribution in [3.8, 4) is 16.0 Å². The predicted molar refractivity (Wildman–Crippen MR) is 70.5 cm³/mol. The summed E-state index contributed by atoms with van der Waals surface area (Å²) in [4.78, 5) is 17.3. The summed E-state index contributed by atoms with van der Waals surface area (Å²) < 4.78 is 0. The Morgan fingerprint density at radius 2 is 2.33 bits per heavy atom. The number of nitriles is 1. The lowest BCUT2D eigenvalue weighted by molar-refractivity contribution is 0.0937. The molecule has 3 rings (SSSR count). The zero-order valence-electron chi connectivity index (χ0n) is 9.34. The summed E-state index contributed by atoms with van der Waals surface area (Å²) in [6, 6.07) is 6.06. The molecular formula is C12H9N3OS2. The van der Waals surface area contributed by atoms with E-state index in [0.717, 1.165) is 22.7 Å². The van der Waals surface area contributed by atoms with Gasteiger partial charge >= 0.3 is 0 Å². The quantitative estimate of drug-likeness (QED) is 0.936. The minimum absolute atomic E-state index is 0.256. The fourth-order valence-electron chi connectivity index (χ4n) is 1.56. The van der Waals surface area contributed by atoms with Crippen molar-refractivity contribution >= 4 is 28.6 Å². The van der Waals surface area contributed by atoms with Crippen molar-refractivity contribution < 1.29 is 4.79 Å². The maximum Gasteiger partial charge on any atom is 0.272 e. The molecule has 1 N–H and O–H groups in total. The number of thiazole rings is 1. The van der Waals surface area contributed by atoms with E-state index in [-0.39, 0.29) is 5.91 Å². The fraction of sp³-hybridized carbons (Fsp3) is 0.250. The van der Waals surface area contributed by atoms with Crippen molar-refractivity contribution in [1.29, 1.82) is 5.26 Å². The van der Waals surface area contributed by atoms with E-state index in [4.69, 9.17) is 5.26 Å². The van der Waals surface area contributed by atoms with E-state index in [1.165, 1.54) is 11.3 Å². The van der Waals surface area contributed by atoms with Crippen LogP contribution in [0.4, 0.5) is 0 Å². The highest BCUT2D eigenvalue weighted by atomic mass is 32.1. The number of carbonyl (C=O) groups is 1. The molecular weight excluding hydrogens is 266 g/mol. The molecule has 0 atom stereocenters. The van der Waals surface area contributed by atoms with E-state index in [1.54, 1.807) is 16.7 Å². The number of carbonyl (C=O) groups excluding carboxylic acids is 1. The Balaban J connectivity index is 1.78. The number of nitrogens with one attached hydrogen (secondary N) is 1. The lowest BCUT2D eigenvalue weighted by Gasteiger charge is -2.06. The lowest BCUT2D eigenvalue weighted by atomic mass is 10.3. The van der Waals surface area contributed by atoms with Crippen molar-refractivity contribution in [2.75, 3.05) is 0 Å². The smallest absolute Gasteiger partial charge is 0.272 e. The van der Waals surface area contributed by atoms with E-state index in [1.807, 2.05) is 17.5 Å². The van der Waals surface area contributed by atoms with Gasteiger partial charge in [0.15, 0.2) is 0 Å². The number of hydrogen-bond acceptors (Lipinski definition) is 5. The number of nitrogens with zero attached hydrogens (tertiary/aromatic N) is 2. The second-order valence-electron chi connectivity index (χ2n) is 4.16. The van der Waals surface area contributed by atoms with Crippen molar-refractivity contribution in [2.45, 2.75) is 18.4 Å². The highest BCUT2D eigenvalue weighted by Gasteiger charge is 2.45. The van der Waals surface area contributed by atoms with Gasteiger partial charge in [-0.15, -0.1) is 22.7 Å². The third kappa shape index (κ3) is 2.03. The zero-order valence-corrected chi connectivity index (χ0v) is 11.0. The highest BCUT2D eigenvalue weighted by molar-refractivity contribution is 7.20. The largest absolute Gasteiger partial charge is 0.332 e. The average Bonchev–Trinajstić information content (AvgIpc) is 2.87. The third-order valence-corrected chi connectivity index (χ3v) is 4.67. The van der Waals surface area contributed by atoms with Gasteiger partial charge in [-0.1, -0.05) is 6.07 Å². The molecule has 0 spiro atoms. The van der Waals surface area contributed by atoms with Crippen LogP contribution in [-0.4, -0.2) is 16.4 Å². The molecule has 6 heteroatoms. The van der Waals surface area contributed by atoms with Gasteiger partial charge in [-0.3, -0.25) is 4.79 Å². The van der Waals surface area contributed by atoms with Gasteiger partial charge in [0, 0.05) is 5.38 Å². The third-order valence-electron chi connectivity index (χ3n) is 2.79. The molecule has 0 unspecified atom stereocenters. The van der Waals surface area contributed by atoms with Crippen molar-refractivity contribution in [3.63, 3.8) is 0 Å². The summed E-state index contributed by atoms with van der Waals surface area (Å²) in [5.74, 6) is -0.256. The molecule has 2 heterocycles. The zero-order chi connectivity index (χ0) is 12.6. The van der Waals surface area contributed by atoms with Crippen LogP contribution in [0.1, 0.15) is 23.3 Å². The van der Waals surface area contributed by atoms with Crippen LogP contribution in [-0.2, 0) is 0 Å². The standard InChI is InChI=1S/C12H9N3OS2/c13-7-12(3-4-12)15-10(16)8-6-18-11(14-8)9-2-1-5-17-9/h1-2,5-6H,3-4H2,(H,15,16). The van der Waals surface area contributed by atoms with Crippen LogP contribution in [0, 0.1) is 11.3 Å². The molecule has 18 heavy (non-hydrogen) atoms. The summed E-state index contributed by atoms with van der Waals surface area (Å²) in [7, 11) is 0. The van der Waals surface area contributed by atoms with Crippen LogP contribution in [0.15, 0.2) is 22.9 Å². The van der Waals surface area contributed by atoms with E-state index < -0.39 is 5.54 Å². The molecule has 0 radical (unpaired) electrons. The number of thiophene rings is 1. The molecule has 4 nitrogen and oxygen atoms in total. The number of hydrogen-bond donors (Lipinski definition) is 1. The second-order valence-corrected chi connectivity index (χ2v) is 5.97. The van der Waals surface area contributed by atoms with Crippen LogP contribution in [0.25, 0.3) is 9.88 Å². The number of amides is 1. The van der Waals surface area contributed by atoms with E-state index in [9.17, 15) is 4.79 Å². The first-order valence-corrected chi connectivity index (χ1v) is 7.22. The van der Waals surface area contributed by atoms with E-state index in [0.29, 0.717) is 5.69 Å². The molecule has 0 saturated heterocycles. The van der Waals surface area contributed by atoms with Gasteiger partial charge in [0.25, 0.3) is 5.91 Å². The molecule has 1 amide bonds. The summed E-state index contributed by atoms with van der Waals surface area (Å²) in [6.07, 6.45) is 1.47.